The van der Waals surface area contributed by atoms with Crippen molar-refractivity contribution in [3.8, 4) is 0 Å². The summed E-state index contributed by atoms with van der Waals surface area (Å²) in [6, 6.07) is 6.25. The van der Waals surface area contributed by atoms with Gasteiger partial charge in [0.1, 0.15) is 0 Å². The third kappa shape index (κ3) is 6.04. The second-order valence-electron chi connectivity index (χ2n) is 7.14. The molecule has 0 aliphatic carbocycles. The molecule has 2 amide bonds. The van der Waals surface area contributed by atoms with Gasteiger partial charge in [0.2, 0.25) is 0 Å². The van der Waals surface area contributed by atoms with E-state index in [2.05, 4.69) is 10.2 Å². The van der Waals surface area contributed by atoms with Crippen molar-refractivity contribution >= 4 is 21.7 Å². The first kappa shape index (κ1) is 21.4. The number of nitrogens with zero attached hydrogens (tertiary/aromatic N) is 2. The van der Waals surface area contributed by atoms with Crippen LogP contribution in [0.4, 0.5) is 0 Å². The first-order chi connectivity index (χ1) is 12.7. The van der Waals surface area contributed by atoms with Crippen LogP contribution in [0, 0.1) is 0 Å². The van der Waals surface area contributed by atoms with Crippen LogP contribution >= 0.6 is 0 Å². The van der Waals surface area contributed by atoms with Crippen LogP contribution in [-0.4, -0.2) is 81.3 Å². The summed E-state index contributed by atoms with van der Waals surface area (Å²) in [7, 11) is 0.918. The molecule has 8 heteroatoms. The van der Waals surface area contributed by atoms with Crippen LogP contribution in [0.25, 0.3) is 0 Å². The largest absolute Gasteiger partial charge is 0.352 e. The maximum atomic E-state index is 12.8. The Morgan fingerprint density at radius 3 is 2.30 bits per heavy atom. The monoisotopic (exact) mass is 395 g/mol. The van der Waals surface area contributed by atoms with Crippen LogP contribution in [-0.2, 0) is 9.84 Å². The van der Waals surface area contributed by atoms with Crippen molar-refractivity contribution in [3.05, 3.63) is 35.4 Å². The Hall–Kier alpha value is -1.93. The first-order valence-corrected chi connectivity index (χ1v) is 11.1. The second kappa shape index (κ2) is 9.32. The summed E-state index contributed by atoms with van der Waals surface area (Å²) in [5, 5.41) is 2.86. The molecule has 0 radical (unpaired) electrons. The fraction of sp³-hybridized carbons (Fsp3) is 0.579. The highest BCUT2D eigenvalue weighted by molar-refractivity contribution is 7.91. The van der Waals surface area contributed by atoms with E-state index in [0.29, 0.717) is 30.6 Å². The van der Waals surface area contributed by atoms with Crippen molar-refractivity contribution < 1.29 is 18.0 Å². The first-order valence-electron chi connectivity index (χ1n) is 9.28. The van der Waals surface area contributed by atoms with Crippen LogP contribution in [0.15, 0.2) is 24.3 Å². The molecule has 1 aromatic rings. The van der Waals surface area contributed by atoms with Gasteiger partial charge in [0.05, 0.1) is 11.5 Å². The maximum absolute atomic E-state index is 12.8. The van der Waals surface area contributed by atoms with Gasteiger partial charge in [-0.15, -0.1) is 0 Å². The Morgan fingerprint density at radius 1 is 1.15 bits per heavy atom. The van der Waals surface area contributed by atoms with Gasteiger partial charge in [-0.2, -0.15) is 0 Å². The van der Waals surface area contributed by atoms with Crippen molar-refractivity contribution in [2.24, 2.45) is 0 Å². The van der Waals surface area contributed by atoms with E-state index in [1.54, 1.807) is 29.2 Å². The Morgan fingerprint density at radius 2 is 1.78 bits per heavy atom. The highest BCUT2D eigenvalue weighted by Gasteiger charge is 2.34. The second-order valence-corrected chi connectivity index (χ2v) is 9.37. The molecule has 1 N–H and O–H groups in total. The summed E-state index contributed by atoms with van der Waals surface area (Å²) in [6.45, 7) is 3.79. The fourth-order valence-electron chi connectivity index (χ4n) is 3.22. The van der Waals surface area contributed by atoms with Crippen LogP contribution < -0.4 is 5.32 Å². The quantitative estimate of drug-likeness (QED) is 0.664. The molecule has 1 aliphatic rings. The summed E-state index contributed by atoms with van der Waals surface area (Å²) in [5.74, 6) is -0.200. The molecular weight excluding hydrogens is 366 g/mol. The Labute approximate surface area is 161 Å². The summed E-state index contributed by atoms with van der Waals surface area (Å²) in [6.07, 6.45) is 1.35. The Kier molecular flexibility index (Phi) is 7.38. The van der Waals surface area contributed by atoms with E-state index >= 15 is 0 Å². The summed E-state index contributed by atoms with van der Waals surface area (Å²) in [4.78, 5) is 28.6. The van der Waals surface area contributed by atoms with E-state index in [4.69, 9.17) is 0 Å². The van der Waals surface area contributed by atoms with E-state index in [9.17, 15) is 18.0 Å². The molecule has 1 heterocycles. The van der Waals surface area contributed by atoms with Crippen LogP contribution in [0.5, 0.6) is 0 Å². The molecule has 0 spiro atoms. The van der Waals surface area contributed by atoms with Crippen molar-refractivity contribution in [1.29, 1.82) is 0 Å². The van der Waals surface area contributed by atoms with Gasteiger partial charge in [-0.25, -0.2) is 8.42 Å². The van der Waals surface area contributed by atoms with Crippen LogP contribution in [0.2, 0.25) is 0 Å². The van der Waals surface area contributed by atoms with Gasteiger partial charge in [-0.05, 0) is 64.7 Å². The van der Waals surface area contributed by atoms with Crippen LogP contribution in [0.1, 0.15) is 40.5 Å². The SMILES string of the molecule is CCN(C(=O)c1ccc(C(=O)NCCCN(C)C)cc1)C1CCS(=O)(=O)C1. The fourth-order valence-corrected chi connectivity index (χ4v) is 4.95. The van der Waals surface area contributed by atoms with E-state index < -0.39 is 9.84 Å². The maximum Gasteiger partial charge on any atom is 0.254 e. The third-order valence-corrected chi connectivity index (χ3v) is 6.46. The minimum atomic E-state index is -3.05. The zero-order valence-electron chi connectivity index (χ0n) is 16.3. The predicted octanol–water partition coefficient (Wildman–Crippen LogP) is 1.02. The molecule has 2 rings (SSSR count). The van der Waals surface area contributed by atoms with Gasteiger partial charge in [-0.3, -0.25) is 9.59 Å². The molecule has 1 aliphatic heterocycles. The number of hydrogen-bond acceptors (Lipinski definition) is 5. The zero-order valence-corrected chi connectivity index (χ0v) is 17.1. The van der Waals surface area contributed by atoms with Crippen molar-refractivity contribution in [3.63, 3.8) is 0 Å². The standard InChI is InChI=1S/C19H29N3O4S/c1-4-22(17-10-13-27(25,26)14-17)19(24)16-8-6-15(7-9-16)18(23)20-11-5-12-21(2)3/h6-9,17H,4-5,10-14H2,1-3H3,(H,20,23). The smallest absolute Gasteiger partial charge is 0.254 e. The Bertz CT molecular complexity index is 760. The number of sulfone groups is 1. The van der Waals surface area contributed by atoms with Gasteiger partial charge < -0.3 is 15.1 Å². The summed E-state index contributed by atoms with van der Waals surface area (Å²) < 4.78 is 23.4. The topological polar surface area (TPSA) is 86.8 Å². The molecule has 0 aromatic heterocycles. The molecule has 1 fully saturated rings. The molecule has 7 nitrogen and oxygen atoms in total. The minimum Gasteiger partial charge on any atom is -0.352 e. The lowest BCUT2D eigenvalue weighted by atomic mass is 10.1. The highest BCUT2D eigenvalue weighted by atomic mass is 32.2. The lowest BCUT2D eigenvalue weighted by molar-refractivity contribution is 0.0708. The predicted molar refractivity (Wildman–Crippen MR) is 106 cm³/mol. The highest BCUT2D eigenvalue weighted by Crippen LogP contribution is 2.20. The number of carbonyl (C=O) groups excluding carboxylic acids is 2. The van der Waals surface area contributed by atoms with Gasteiger partial charge in [0, 0.05) is 30.3 Å². The number of benzene rings is 1. The molecule has 0 saturated carbocycles. The number of carbonyl (C=O) groups is 2. The average molecular weight is 396 g/mol. The van der Waals surface area contributed by atoms with E-state index in [1.807, 2.05) is 21.0 Å². The van der Waals surface area contributed by atoms with Gasteiger partial charge in [-0.1, -0.05) is 0 Å². The minimum absolute atomic E-state index is 0.0278. The molecule has 0 bridgehead atoms. The van der Waals surface area contributed by atoms with Crippen LogP contribution in [0.3, 0.4) is 0 Å². The van der Waals surface area contributed by atoms with E-state index in [1.165, 1.54) is 0 Å². The summed E-state index contributed by atoms with van der Waals surface area (Å²) in [5.41, 5.74) is 0.966. The molecule has 27 heavy (non-hydrogen) atoms. The zero-order chi connectivity index (χ0) is 20.0. The molecule has 1 aromatic carbocycles. The lowest BCUT2D eigenvalue weighted by Gasteiger charge is -2.27. The summed E-state index contributed by atoms with van der Waals surface area (Å²) >= 11 is 0. The van der Waals surface area contributed by atoms with Crippen molar-refractivity contribution in [2.75, 3.05) is 45.2 Å². The molecular formula is C19H29N3O4S. The number of amides is 2. The number of rotatable bonds is 8. The molecule has 1 saturated heterocycles. The lowest BCUT2D eigenvalue weighted by Crippen LogP contribution is -2.41. The average Bonchev–Trinajstić information content (AvgIpc) is 2.98. The molecule has 1 atom stereocenters. The molecule has 150 valence electrons. The van der Waals surface area contributed by atoms with Gasteiger partial charge >= 0.3 is 0 Å². The van der Waals surface area contributed by atoms with Crippen molar-refractivity contribution in [1.82, 2.24) is 15.1 Å². The van der Waals surface area contributed by atoms with E-state index in [-0.39, 0.29) is 29.4 Å². The van der Waals surface area contributed by atoms with Crippen molar-refractivity contribution in [2.45, 2.75) is 25.8 Å². The van der Waals surface area contributed by atoms with E-state index in [0.717, 1.165) is 13.0 Å². The van der Waals surface area contributed by atoms with Gasteiger partial charge in [0.15, 0.2) is 9.84 Å². The third-order valence-electron chi connectivity index (χ3n) is 4.71. The normalized spacial score (nSPS) is 18.4. The van der Waals surface area contributed by atoms with Gasteiger partial charge in [0.25, 0.3) is 11.8 Å². The number of hydrogen-bond donors (Lipinski definition) is 1. The molecule has 1 unspecified atom stereocenters. The number of nitrogens with one attached hydrogen (secondary N) is 1. The Balaban J connectivity index is 1.97.